The summed E-state index contributed by atoms with van der Waals surface area (Å²) in [6.45, 7) is 2.03. The van der Waals surface area contributed by atoms with Crippen molar-refractivity contribution in [2.75, 3.05) is 0 Å². The first kappa shape index (κ1) is 13.3. The average molecular weight is 181 g/mol. The molecule has 0 aliphatic carbocycles. The SMILES string of the molecule is C[CH](N)[K].O=P(O)(O)O. The van der Waals surface area contributed by atoms with Gasteiger partial charge in [-0.25, -0.2) is 4.57 Å². The van der Waals surface area contributed by atoms with Crippen LogP contribution >= 0.6 is 7.82 Å². The van der Waals surface area contributed by atoms with Gasteiger partial charge in [0.25, 0.3) is 0 Å². The van der Waals surface area contributed by atoms with Gasteiger partial charge in [-0.1, -0.05) is 0 Å². The van der Waals surface area contributed by atoms with Crippen molar-refractivity contribution in [2.24, 2.45) is 5.73 Å². The van der Waals surface area contributed by atoms with Crippen LogP contribution in [-0.4, -0.2) is 63.8 Å². The summed E-state index contributed by atoms with van der Waals surface area (Å²) in [6.07, 6.45) is 0. The van der Waals surface area contributed by atoms with Crippen LogP contribution in [-0.2, 0) is 4.57 Å². The van der Waals surface area contributed by atoms with E-state index in [0.717, 1.165) is 49.0 Å². The summed E-state index contributed by atoms with van der Waals surface area (Å²) in [4.78, 5) is 21.6. The minimum atomic E-state index is -4.64. The van der Waals surface area contributed by atoms with Gasteiger partial charge in [-0.15, -0.1) is 0 Å². The third-order valence-corrected chi connectivity index (χ3v) is 0. The van der Waals surface area contributed by atoms with Crippen molar-refractivity contribution < 1.29 is 19.2 Å². The van der Waals surface area contributed by atoms with Gasteiger partial charge in [-0.05, 0) is 0 Å². The van der Waals surface area contributed by atoms with Crippen LogP contribution in [0.2, 0.25) is 0 Å². The molecule has 0 saturated heterocycles. The predicted molar refractivity (Wildman–Crippen MR) is 33.7 cm³/mol. The first-order valence-electron chi connectivity index (χ1n) is 2.27. The molecule has 0 aliphatic heterocycles. The Morgan fingerprint density at radius 2 is 1.56 bits per heavy atom. The zero-order chi connectivity index (χ0) is 8.08. The predicted octanol–water partition coefficient (Wildman–Crippen LogP) is -1.47. The van der Waals surface area contributed by atoms with Crippen LogP contribution in [0.4, 0.5) is 0 Å². The Labute approximate surface area is 87.5 Å². The molecule has 1 atom stereocenters. The standard InChI is InChI=1S/C2H6N.K.H3O4P/c1-2-3;;1-5(2,3)4/h2H,3H2,1H3;;(H3,1,2,3,4). The molecule has 0 fully saturated rings. The van der Waals surface area contributed by atoms with E-state index in [2.05, 4.69) is 0 Å². The van der Waals surface area contributed by atoms with E-state index in [9.17, 15) is 0 Å². The van der Waals surface area contributed by atoms with E-state index in [4.69, 9.17) is 25.0 Å². The van der Waals surface area contributed by atoms with E-state index in [0.29, 0.717) is 0.136 Å². The van der Waals surface area contributed by atoms with E-state index in [-0.39, 0.29) is 0 Å². The van der Waals surface area contributed by atoms with Crippen LogP contribution in [0.5, 0.6) is 0 Å². The maximum absolute atomic E-state index is 8.88. The molecule has 0 aromatic heterocycles. The molecule has 0 aromatic carbocycles. The van der Waals surface area contributed by atoms with Gasteiger partial charge in [0.15, 0.2) is 0 Å². The van der Waals surface area contributed by atoms with Crippen molar-refractivity contribution in [2.45, 2.75) is 7.06 Å². The molecule has 5 nitrogen and oxygen atoms in total. The maximum Gasteiger partial charge on any atom is 0.466 e. The zero-order valence-electron chi connectivity index (χ0n) is 5.35. The minimum Gasteiger partial charge on any atom is -0.303 e. The zero-order valence-corrected chi connectivity index (χ0v) is 9.37. The van der Waals surface area contributed by atoms with Crippen molar-refractivity contribution in [1.29, 1.82) is 0 Å². The van der Waals surface area contributed by atoms with Crippen molar-refractivity contribution >= 4 is 56.8 Å². The second-order valence-corrected chi connectivity index (χ2v) is 5.63. The third kappa shape index (κ3) is 198. The van der Waals surface area contributed by atoms with Gasteiger partial charge in [0.2, 0.25) is 0 Å². The second kappa shape index (κ2) is 6.42. The molecule has 0 heterocycles. The molecule has 5 N–H and O–H groups in total. The Kier molecular flexibility index (Phi) is 9.49. The monoisotopic (exact) mass is 181 g/mol. The molecule has 52 valence electrons. The Hall–Kier alpha value is 1.71. The number of nitrogens with two attached hydrogens (primary N) is 1. The number of hydrogen-bond acceptors (Lipinski definition) is 2. The van der Waals surface area contributed by atoms with E-state index in [1.165, 1.54) is 0 Å². The molecule has 9 heavy (non-hydrogen) atoms. The molecule has 0 amide bonds. The summed E-state index contributed by atoms with van der Waals surface area (Å²) >= 11 is 0.840. The molecule has 0 aliphatic rings. The molecular formula is C2H9KNO4P. The average Bonchev–Trinajstić information content (AvgIpc) is 1.19. The Morgan fingerprint density at radius 3 is 1.56 bits per heavy atom. The summed E-state index contributed by atoms with van der Waals surface area (Å²) in [5, 5.41) is 0. The first-order chi connectivity index (χ1) is 3.73. The molecule has 0 radical (unpaired) electrons. The quantitative estimate of drug-likeness (QED) is 0.270. The van der Waals surface area contributed by atoms with Gasteiger partial charge in [-0.3, -0.25) is 0 Å². The van der Waals surface area contributed by atoms with E-state index in [1.807, 2.05) is 6.92 Å². The van der Waals surface area contributed by atoms with Crippen molar-refractivity contribution in [3.63, 3.8) is 0 Å². The van der Waals surface area contributed by atoms with Crippen LogP contribution < -0.4 is 5.73 Å². The van der Waals surface area contributed by atoms with Crippen molar-refractivity contribution in [3.8, 4) is 0 Å². The molecular weight excluding hydrogens is 172 g/mol. The van der Waals surface area contributed by atoms with Crippen LogP contribution in [0.15, 0.2) is 0 Å². The van der Waals surface area contributed by atoms with Crippen LogP contribution in [0.3, 0.4) is 0 Å². The van der Waals surface area contributed by atoms with E-state index < -0.39 is 7.82 Å². The van der Waals surface area contributed by atoms with Crippen LogP contribution in [0.1, 0.15) is 6.92 Å². The van der Waals surface area contributed by atoms with Gasteiger partial charge in [-0.2, -0.15) is 0 Å². The number of phosphoric acid groups is 1. The van der Waals surface area contributed by atoms with Gasteiger partial charge in [0.1, 0.15) is 0 Å². The number of rotatable bonds is 0. The summed E-state index contributed by atoms with van der Waals surface area (Å²) in [7, 11) is -4.64. The minimum absolute atomic E-state index is 0.521. The normalized spacial score (nSPS) is 13.7. The Bertz CT molecular complexity index is 89.7. The summed E-state index contributed by atoms with van der Waals surface area (Å²) in [5.74, 6) is 0. The first-order valence-corrected chi connectivity index (χ1v) is 5.64. The summed E-state index contributed by atoms with van der Waals surface area (Å²) in [5.41, 5.74) is 5.19. The summed E-state index contributed by atoms with van der Waals surface area (Å²) in [6, 6.07) is 0. The van der Waals surface area contributed by atoms with Gasteiger partial charge in [0.05, 0.1) is 0 Å². The maximum atomic E-state index is 8.88. The van der Waals surface area contributed by atoms with Gasteiger partial charge >= 0.3 is 69.6 Å². The van der Waals surface area contributed by atoms with Gasteiger partial charge < -0.3 is 14.7 Å². The fraction of sp³-hybridized carbons (Fsp3) is 1.00. The Morgan fingerprint density at radius 1 is 1.56 bits per heavy atom. The van der Waals surface area contributed by atoms with Crippen molar-refractivity contribution in [1.82, 2.24) is 0 Å². The topological polar surface area (TPSA) is 104 Å². The second-order valence-electron chi connectivity index (χ2n) is 1.76. The van der Waals surface area contributed by atoms with E-state index >= 15 is 0 Å². The van der Waals surface area contributed by atoms with Crippen molar-refractivity contribution in [3.05, 3.63) is 0 Å². The molecule has 0 bridgehead atoms. The molecule has 0 rings (SSSR count). The fourth-order valence-corrected chi connectivity index (χ4v) is 0. The third-order valence-electron chi connectivity index (χ3n) is 0. The Balaban J connectivity index is 0. The largest absolute Gasteiger partial charge is 0.466 e. The molecule has 0 spiro atoms. The molecule has 1 unspecified atom stereocenters. The van der Waals surface area contributed by atoms with Crippen LogP contribution in [0.25, 0.3) is 0 Å². The van der Waals surface area contributed by atoms with E-state index in [1.54, 1.807) is 0 Å². The summed E-state index contributed by atoms with van der Waals surface area (Å²) < 4.78 is 9.40. The van der Waals surface area contributed by atoms with Gasteiger partial charge in [0, 0.05) is 0 Å². The molecule has 7 heteroatoms. The fourth-order valence-electron chi connectivity index (χ4n) is 0. The smallest absolute Gasteiger partial charge is 0.303 e. The number of hydrogen-bond donors (Lipinski definition) is 4. The molecule has 0 aromatic rings. The molecule has 0 saturated carbocycles. The van der Waals surface area contributed by atoms with Crippen LogP contribution in [0, 0.1) is 0 Å².